The highest BCUT2D eigenvalue weighted by atomic mass is 16.7. The van der Waals surface area contributed by atoms with Gasteiger partial charge in [0.15, 0.2) is 6.29 Å². The lowest BCUT2D eigenvalue weighted by atomic mass is 9.90. The molecule has 9 nitrogen and oxygen atoms in total. The average molecular weight is 728 g/mol. The molecule has 0 aromatic heterocycles. The molecule has 3 N–H and O–H groups in total. The van der Waals surface area contributed by atoms with E-state index in [0.29, 0.717) is 6.42 Å². The van der Waals surface area contributed by atoms with Crippen LogP contribution in [-0.4, -0.2) is 54.9 Å². The molecule has 0 unspecified atom stereocenters. The van der Waals surface area contributed by atoms with E-state index >= 15 is 0 Å². The van der Waals surface area contributed by atoms with Crippen molar-refractivity contribution in [3.05, 3.63) is 167 Å². The molecule has 1 aliphatic rings. The minimum atomic E-state index is -0.823. The van der Waals surface area contributed by atoms with Crippen LogP contribution in [0.3, 0.4) is 0 Å². The number of hydrogen-bond donors (Lipinski definition) is 3. The molecule has 5 aromatic carbocycles. The summed E-state index contributed by atoms with van der Waals surface area (Å²) >= 11 is 0. The number of nitrogens with one attached hydrogen (secondary N) is 2. The van der Waals surface area contributed by atoms with Crippen LogP contribution in [0.5, 0.6) is 0 Å². The van der Waals surface area contributed by atoms with E-state index in [1.54, 1.807) is 0 Å². The van der Waals surface area contributed by atoms with Crippen LogP contribution in [0, 0.1) is 5.92 Å². The lowest BCUT2D eigenvalue weighted by molar-refractivity contribution is -0.276. The Morgan fingerprint density at radius 1 is 0.778 bits per heavy atom. The molecule has 0 spiro atoms. The van der Waals surface area contributed by atoms with Gasteiger partial charge in [-0.05, 0) is 46.0 Å². The predicted molar refractivity (Wildman–Crippen MR) is 209 cm³/mol. The van der Waals surface area contributed by atoms with E-state index in [4.69, 9.17) is 14.2 Å². The Balaban J connectivity index is 1.15. The Bertz CT molecular complexity index is 1940. The molecular formula is C45H49N3O6. The van der Waals surface area contributed by atoms with E-state index < -0.39 is 24.3 Å². The molecule has 0 saturated carbocycles. The molecule has 280 valence electrons. The SMILES string of the molecule is COC(=O)[C@H](Cc1ccccc1)NC(=O)NCc1ccccc1-c1ccc([C@@H]2O[C@H](CN(C)Cc3ccccc3)[C@H](C)[C@H](c3ccc(CO)cc3)O2)cc1. The zero-order chi connectivity index (χ0) is 37.9. The molecule has 9 heteroatoms. The Morgan fingerprint density at radius 2 is 1.41 bits per heavy atom. The molecule has 2 amide bonds. The molecule has 5 aromatic rings. The number of aliphatic hydroxyl groups excluding tert-OH is 1. The van der Waals surface area contributed by atoms with Crippen molar-refractivity contribution < 1.29 is 28.9 Å². The first-order chi connectivity index (χ1) is 26.3. The molecule has 1 heterocycles. The second kappa shape index (κ2) is 18.6. The van der Waals surface area contributed by atoms with Crippen LogP contribution in [-0.2, 0) is 45.1 Å². The van der Waals surface area contributed by atoms with Gasteiger partial charge in [0.2, 0.25) is 0 Å². The first-order valence-electron chi connectivity index (χ1n) is 18.4. The molecule has 0 bridgehead atoms. The number of carbonyl (C=O) groups is 2. The number of likely N-dealkylation sites (N-methyl/N-ethyl adjacent to an activating group) is 1. The molecule has 54 heavy (non-hydrogen) atoms. The van der Waals surface area contributed by atoms with Gasteiger partial charge in [0, 0.05) is 37.5 Å². The Labute approximate surface area is 317 Å². The molecule has 5 atom stereocenters. The van der Waals surface area contributed by atoms with Crippen molar-refractivity contribution in [1.82, 2.24) is 15.5 Å². The smallest absolute Gasteiger partial charge is 0.328 e. The van der Waals surface area contributed by atoms with Crippen molar-refractivity contribution in [3.8, 4) is 11.1 Å². The monoisotopic (exact) mass is 727 g/mol. The maximum Gasteiger partial charge on any atom is 0.328 e. The summed E-state index contributed by atoms with van der Waals surface area (Å²) in [4.78, 5) is 27.8. The van der Waals surface area contributed by atoms with Crippen molar-refractivity contribution in [2.45, 2.75) is 57.6 Å². The molecule has 1 aliphatic heterocycles. The van der Waals surface area contributed by atoms with E-state index in [1.165, 1.54) is 12.7 Å². The third kappa shape index (κ3) is 10.0. The van der Waals surface area contributed by atoms with E-state index in [0.717, 1.165) is 52.0 Å². The highest BCUT2D eigenvalue weighted by Gasteiger charge is 2.39. The zero-order valence-electron chi connectivity index (χ0n) is 31.1. The van der Waals surface area contributed by atoms with Crippen LogP contribution in [0.15, 0.2) is 133 Å². The van der Waals surface area contributed by atoms with Crippen molar-refractivity contribution in [2.75, 3.05) is 20.7 Å². The van der Waals surface area contributed by atoms with Gasteiger partial charge >= 0.3 is 12.0 Å². The van der Waals surface area contributed by atoms with Crippen LogP contribution in [0.25, 0.3) is 11.1 Å². The summed E-state index contributed by atoms with van der Waals surface area (Å²) in [5.74, 6) is -0.442. The van der Waals surface area contributed by atoms with Crippen LogP contribution in [0.1, 0.15) is 52.7 Å². The maximum absolute atomic E-state index is 13.0. The molecule has 6 rings (SSSR count). The second-order valence-electron chi connectivity index (χ2n) is 13.9. The summed E-state index contributed by atoms with van der Waals surface area (Å²) in [5.41, 5.74) is 7.84. The summed E-state index contributed by atoms with van der Waals surface area (Å²) in [6.07, 6.45) is -0.592. The highest BCUT2D eigenvalue weighted by Crippen LogP contribution is 2.42. The lowest BCUT2D eigenvalue weighted by Crippen LogP contribution is -2.47. The summed E-state index contributed by atoms with van der Waals surface area (Å²) in [6, 6.07) is 42.7. The molecule has 1 fully saturated rings. The second-order valence-corrected chi connectivity index (χ2v) is 13.9. The van der Waals surface area contributed by atoms with Crippen molar-refractivity contribution in [2.24, 2.45) is 5.92 Å². The minimum Gasteiger partial charge on any atom is -0.467 e. The Hall–Kier alpha value is -5.32. The van der Waals surface area contributed by atoms with Gasteiger partial charge < -0.3 is 30.0 Å². The summed E-state index contributed by atoms with van der Waals surface area (Å²) in [7, 11) is 3.43. The number of ether oxygens (including phenoxy) is 3. The predicted octanol–water partition coefficient (Wildman–Crippen LogP) is 7.35. The van der Waals surface area contributed by atoms with Gasteiger partial charge in [0.1, 0.15) is 6.04 Å². The van der Waals surface area contributed by atoms with Crippen molar-refractivity contribution in [1.29, 1.82) is 0 Å². The summed E-state index contributed by atoms with van der Waals surface area (Å²) in [5, 5.41) is 15.3. The normalized spacial score (nSPS) is 18.8. The molecule has 0 radical (unpaired) electrons. The number of carbonyl (C=O) groups excluding carboxylic acids is 2. The quantitative estimate of drug-likeness (QED) is 0.103. The third-order valence-electron chi connectivity index (χ3n) is 9.93. The number of rotatable bonds is 14. The van der Waals surface area contributed by atoms with Crippen molar-refractivity contribution in [3.63, 3.8) is 0 Å². The van der Waals surface area contributed by atoms with Gasteiger partial charge in [-0.15, -0.1) is 0 Å². The van der Waals surface area contributed by atoms with Gasteiger partial charge in [0.05, 0.1) is 25.9 Å². The molecule has 0 aliphatic carbocycles. The van der Waals surface area contributed by atoms with Crippen LogP contribution in [0.4, 0.5) is 4.79 Å². The van der Waals surface area contributed by atoms with Gasteiger partial charge in [-0.3, -0.25) is 4.90 Å². The molecular weight excluding hydrogens is 679 g/mol. The molecule has 1 saturated heterocycles. The van der Waals surface area contributed by atoms with E-state index in [9.17, 15) is 14.7 Å². The first kappa shape index (κ1) is 38.4. The average Bonchev–Trinajstić information content (AvgIpc) is 3.21. The number of benzene rings is 5. The number of aliphatic hydroxyl groups is 1. The number of methoxy groups -OCH3 is 1. The maximum atomic E-state index is 13.0. The van der Waals surface area contributed by atoms with E-state index in [-0.39, 0.29) is 31.3 Å². The van der Waals surface area contributed by atoms with Gasteiger partial charge in [0.25, 0.3) is 0 Å². The summed E-state index contributed by atoms with van der Waals surface area (Å²) < 4.78 is 18.4. The zero-order valence-corrected chi connectivity index (χ0v) is 31.1. The van der Waals surface area contributed by atoms with Crippen LogP contribution < -0.4 is 10.6 Å². The number of amides is 2. The van der Waals surface area contributed by atoms with Crippen molar-refractivity contribution >= 4 is 12.0 Å². The number of hydrogen-bond acceptors (Lipinski definition) is 7. The standard InChI is InChI=1S/C45H49N3O6/c1-31-41(29-48(2)28-33-14-8-5-9-15-33)53-44(54-42(31)36-20-18-34(30-49)19-21-36)37-24-22-35(23-25-37)39-17-11-10-16-38(39)27-46-45(51)47-40(43(50)52-3)26-32-12-6-4-7-13-32/h4-25,31,40-42,44,49H,26-30H2,1-3H3,(H2,46,47,51)/t31-,40-,41+,42+,44+/m0/s1. The van der Waals surface area contributed by atoms with Crippen LogP contribution in [0.2, 0.25) is 0 Å². The number of nitrogens with zero attached hydrogens (tertiary/aromatic N) is 1. The number of urea groups is 1. The fraction of sp³-hybridized carbons (Fsp3) is 0.289. The fourth-order valence-corrected chi connectivity index (χ4v) is 6.94. The minimum absolute atomic E-state index is 0.0106. The van der Waals surface area contributed by atoms with Crippen LogP contribution >= 0.6 is 0 Å². The topological polar surface area (TPSA) is 109 Å². The van der Waals surface area contributed by atoms with E-state index in [2.05, 4.69) is 53.8 Å². The van der Waals surface area contributed by atoms with Gasteiger partial charge in [-0.1, -0.05) is 140 Å². The summed E-state index contributed by atoms with van der Waals surface area (Å²) in [6.45, 7) is 3.95. The van der Waals surface area contributed by atoms with Gasteiger partial charge in [-0.2, -0.15) is 0 Å². The third-order valence-corrected chi connectivity index (χ3v) is 9.93. The van der Waals surface area contributed by atoms with Gasteiger partial charge in [-0.25, -0.2) is 9.59 Å². The fourth-order valence-electron chi connectivity index (χ4n) is 6.94. The first-order valence-corrected chi connectivity index (χ1v) is 18.4. The van der Waals surface area contributed by atoms with E-state index in [1.807, 2.05) is 109 Å². The Kier molecular flexibility index (Phi) is 13.2. The number of esters is 1. The Morgan fingerprint density at radius 3 is 2.07 bits per heavy atom. The lowest BCUT2D eigenvalue weighted by Gasteiger charge is -2.42. The highest BCUT2D eigenvalue weighted by molar-refractivity contribution is 5.84. The largest absolute Gasteiger partial charge is 0.467 e.